The lowest BCUT2D eigenvalue weighted by molar-refractivity contribution is -0.384. The molecule has 0 radical (unpaired) electrons. The summed E-state index contributed by atoms with van der Waals surface area (Å²) in [7, 11) is -6.66. The molecule has 0 aliphatic carbocycles. The lowest BCUT2D eigenvalue weighted by Crippen LogP contribution is -2.44. The fourth-order valence-corrected chi connectivity index (χ4v) is 9.93. The molecule has 5 rings (SSSR count). The molecule has 0 bridgehead atoms. The van der Waals surface area contributed by atoms with E-state index in [1.807, 2.05) is 74.9 Å². The monoisotopic (exact) mass is 526 g/mol. The zero-order valence-corrected chi connectivity index (χ0v) is 21.3. The van der Waals surface area contributed by atoms with E-state index in [2.05, 4.69) is 0 Å². The molecule has 3 aromatic carbocycles. The smallest absolute Gasteiger partial charge is 0.284 e. The molecule has 3 aromatic rings. The molecule has 0 spiro atoms. The molecule has 0 amide bonds. The Hall–Kier alpha value is -3.20. The number of para-hydroxylation sites is 2. The van der Waals surface area contributed by atoms with Crippen LogP contribution in [-0.4, -0.2) is 55.9 Å². The first-order valence-corrected chi connectivity index (χ1v) is 15.2. The predicted molar refractivity (Wildman–Crippen MR) is 141 cm³/mol. The Labute approximate surface area is 210 Å². The van der Waals surface area contributed by atoms with Crippen LogP contribution in [0.2, 0.25) is 0 Å². The van der Waals surface area contributed by atoms with Crippen LogP contribution in [0.25, 0.3) is 0 Å². The molecule has 9 nitrogen and oxygen atoms in total. The maximum absolute atomic E-state index is 15.6. The Bertz CT molecular complexity index is 1320. The van der Waals surface area contributed by atoms with Crippen LogP contribution in [0.3, 0.4) is 0 Å². The van der Waals surface area contributed by atoms with Gasteiger partial charge in [-0.15, -0.1) is 0 Å². The lowest BCUT2D eigenvalue weighted by Gasteiger charge is -2.44. The van der Waals surface area contributed by atoms with Crippen LogP contribution in [0, 0.1) is 10.1 Å². The van der Waals surface area contributed by atoms with Gasteiger partial charge in [-0.2, -0.15) is 0 Å². The van der Waals surface area contributed by atoms with E-state index >= 15 is 4.57 Å². The molecule has 188 valence electrons. The number of nitrogens with zero attached hydrogens (tertiary/aromatic N) is 4. The van der Waals surface area contributed by atoms with E-state index in [-0.39, 0.29) is 30.3 Å². The Morgan fingerprint density at radius 3 is 1.67 bits per heavy atom. The van der Waals surface area contributed by atoms with E-state index in [4.69, 9.17) is 0 Å². The van der Waals surface area contributed by atoms with Crippen LogP contribution in [0.1, 0.15) is 11.3 Å². The average Bonchev–Trinajstić information content (AvgIpc) is 3.24. The average molecular weight is 527 g/mol. The van der Waals surface area contributed by atoms with Crippen molar-refractivity contribution in [3.05, 3.63) is 101 Å². The number of nitro groups is 1. The van der Waals surface area contributed by atoms with Crippen LogP contribution >= 0.6 is 7.44 Å². The van der Waals surface area contributed by atoms with Gasteiger partial charge in [-0.3, -0.25) is 19.6 Å². The summed E-state index contributed by atoms with van der Waals surface area (Å²) in [5.74, 6) is -0.725. The van der Waals surface area contributed by atoms with Crippen LogP contribution in [-0.2, 0) is 14.4 Å². The Morgan fingerprint density at radius 1 is 0.750 bits per heavy atom. The second-order valence-corrected chi connectivity index (χ2v) is 13.9. The van der Waals surface area contributed by atoms with Crippen LogP contribution in [0.4, 0.5) is 17.1 Å². The number of benzene rings is 3. The number of nitro benzene ring substituents is 1. The number of anilines is 2. The van der Waals surface area contributed by atoms with Gasteiger partial charge in [0.1, 0.15) is 5.78 Å². The topological polar surface area (TPSA) is 104 Å². The first-order chi connectivity index (χ1) is 17.3. The highest BCUT2D eigenvalue weighted by Crippen LogP contribution is 2.69. The minimum Gasteiger partial charge on any atom is -0.304 e. The molecule has 2 heterocycles. The Kier molecular flexibility index (Phi) is 6.59. The molecule has 11 heteroatoms. The van der Waals surface area contributed by atoms with Crippen molar-refractivity contribution >= 4 is 34.3 Å². The van der Waals surface area contributed by atoms with Crippen molar-refractivity contribution in [2.24, 2.45) is 0 Å². The zero-order chi connectivity index (χ0) is 25.3. The van der Waals surface area contributed by atoms with E-state index in [0.29, 0.717) is 18.7 Å². The fraction of sp³-hybridized carbons (Fsp3) is 0.280. The maximum Gasteiger partial charge on any atom is 0.284 e. The Morgan fingerprint density at radius 2 is 1.22 bits per heavy atom. The molecule has 0 saturated carbocycles. The zero-order valence-electron chi connectivity index (χ0n) is 19.6. The summed E-state index contributed by atoms with van der Waals surface area (Å²) in [4.78, 5) is 12.8. The minimum atomic E-state index is -3.49. The molecule has 2 saturated heterocycles. The lowest BCUT2D eigenvalue weighted by atomic mass is 10.2. The van der Waals surface area contributed by atoms with Gasteiger partial charge < -0.3 is 9.34 Å². The summed E-state index contributed by atoms with van der Waals surface area (Å²) >= 11 is 0. The molecule has 0 aromatic heterocycles. The van der Waals surface area contributed by atoms with Crippen molar-refractivity contribution in [3.8, 4) is 0 Å². The van der Waals surface area contributed by atoms with Gasteiger partial charge in [0, 0.05) is 49.7 Å². The van der Waals surface area contributed by atoms with Gasteiger partial charge in [0.05, 0.1) is 16.4 Å². The normalized spacial score (nSPS) is 20.2. The van der Waals surface area contributed by atoms with Crippen LogP contribution < -0.4 is 9.34 Å². The molecule has 2 fully saturated rings. The quantitative estimate of drug-likeness (QED) is 0.262. The number of non-ortho nitro benzene ring substituents is 1. The maximum atomic E-state index is 15.6. The molecular weight excluding hydrogens is 499 g/mol. The number of rotatable bonds is 6. The summed E-state index contributed by atoms with van der Waals surface area (Å²) in [5, 5.41) is 11.3. The number of hydrogen-bond donors (Lipinski definition) is 0. The van der Waals surface area contributed by atoms with Gasteiger partial charge in [0.15, 0.2) is 9.84 Å². The second kappa shape index (κ2) is 9.69. The van der Waals surface area contributed by atoms with Crippen molar-refractivity contribution in [3.63, 3.8) is 0 Å². The van der Waals surface area contributed by atoms with Gasteiger partial charge >= 0.3 is 0 Å². The van der Waals surface area contributed by atoms with Gasteiger partial charge in [0.2, 0.25) is 0 Å². The summed E-state index contributed by atoms with van der Waals surface area (Å²) in [6.45, 7) is 1.51. The van der Waals surface area contributed by atoms with Crippen molar-refractivity contribution in [2.75, 3.05) is 47.0 Å². The summed E-state index contributed by atoms with van der Waals surface area (Å²) in [6, 6.07) is 25.3. The van der Waals surface area contributed by atoms with Crippen molar-refractivity contribution < 1.29 is 17.9 Å². The Balaban J connectivity index is 1.68. The van der Waals surface area contributed by atoms with Gasteiger partial charge in [-0.05, 0) is 29.8 Å². The van der Waals surface area contributed by atoms with Gasteiger partial charge in [0.25, 0.3) is 13.1 Å². The third-order valence-electron chi connectivity index (χ3n) is 6.77. The summed E-state index contributed by atoms with van der Waals surface area (Å²) < 4.78 is 44.0. The molecule has 2 aliphatic heterocycles. The third kappa shape index (κ3) is 4.52. The largest absolute Gasteiger partial charge is 0.304 e. The van der Waals surface area contributed by atoms with Gasteiger partial charge in [-0.25, -0.2) is 8.42 Å². The van der Waals surface area contributed by atoms with Crippen molar-refractivity contribution in [2.45, 2.75) is 5.78 Å². The van der Waals surface area contributed by atoms with Gasteiger partial charge in [-0.1, -0.05) is 48.5 Å². The minimum absolute atomic E-state index is 0.0207. The fourth-order valence-electron chi connectivity index (χ4n) is 5.02. The first-order valence-electron chi connectivity index (χ1n) is 11.7. The van der Waals surface area contributed by atoms with Crippen LogP contribution in [0.15, 0.2) is 84.9 Å². The molecule has 2 aliphatic rings. The molecule has 1 atom stereocenters. The van der Waals surface area contributed by atoms with Crippen molar-refractivity contribution in [1.29, 1.82) is 0 Å². The van der Waals surface area contributed by atoms with E-state index < -0.39 is 28.0 Å². The first kappa shape index (κ1) is 24.5. The summed E-state index contributed by atoms with van der Waals surface area (Å²) in [5.41, 5.74) is 2.24. The van der Waals surface area contributed by atoms with E-state index in [9.17, 15) is 18.5 Å². The molecule has 36 heavy (non-hydrogen) atoms. The number of sulfone groups is 1. The molecule has 0 N–H and O–H groups in total. The highest BCUT2D eigenvalue weighted by Gasteiger charge is 2.52. The van der Waals surface area contributed by atoms with Crippen molar-refractivity contribution in [1.82, 2.24) is 4.90 Å². The molecule has 1 unspecified atom stereocenters. The van der Waals surface area contributed by atoms with Crippen LogP contribution in [0.5, 0.6) is 0 Å². The highest BCUT2D eigenvalue weighted by atomic mass is 32.2. The van der Waals surface area contributed by atoms with E-state index in [1.54, 1.807) is 12.1 Å². The highest BCUT2D eigenvalue weighted by molar-refractivity contribution is 7.91. The predicted octanol–water partition coefficient (Wildman–Crippen LogP) is 4.54. The SMILES string of the molecule is O=[N+]([O-])c1ccc(C(N2CCS(=O)(=O)CC2)P2(=O)N(c3ccccc3)CCN2c2ccccc2)cc1. The van der Waals surface area contributed by atoms with E-state index in [1.165, 1.54) is 12.1 Å². The standard InChI is InChI=1S/C25H27N4O5PS/c30-29(31)24-13-11-21(12-14-24)25(26-17-19-36(33,34)20-18-26)35(32)27(22-7-3-1-4-8-22)15-16-28(35)23-9-5-2-6-10-23/h1-14,25H,15-20H2. The number of hydrogen-bond acceptors (Lipinski definition) is 6. The second-order valence-electron chi connectivity index (χ2n) is 8.92. The summed E-state index contributed by atoms with van der Waals surface area (Å²) in [6.07, 6.45) is 0. The molecular formula is C25H27N4O5PS. The van der Waals surface area contributed by atoms with E-state index in [0.717, 1.165) is 11.4 Å². The third-order valence-corrected chi connectivity index (χ3v) is 11.9.